The Bertz CT molecular complexity index is 479. The molecule has 3 nitrogen and oxygen atoms in total. The molecule has 2 rings (SSSR count). The van der Waals surface area contributed by atoms with Crippen LogP contribution >= 0.6 is 0 Å². The van der Waals surface area contributed by atoms with Crippen LogP contribution in [0, 0.1) is 28.6 Å². The maximum absolute atomic E-state index is 12.6. The molecule has 0 amide bonds. The van der Waals surface area contributed by atoms with Crippen molar-refractivity contribution < 1.29 is 9.53 Å². The minimum atomic E-state index is -0.159. The average Bonchev–Trinajstić information content (AvgIpc) is 2.74. The van der Waals surface area contributed by atoms with Crippen LogP contribution in [0.1, 0.15) is 123 Å². The lowest BCUT2D eigenvalue weighted by Crippen LogP contribution is -2.33. The van der Waals surface area contributed by atoms with Crippen molar-refractivity contribution in [3.8, 4) is 6.07 Å². The highest BCUT2D eigenvalue weighted by Gasteiger charge is 2.37. The second-order valence-electron chi connectivity index (χ2n) is 9.55. The summed E-state index contributed by atoms with van der Waals surface area (Å²) in [7, 11) is 0. The van der Waals surface area contributed by atoms with E-state index in [0.717, 1.165) is 63.7 Å². The monoisotopic (exact) mass is 389 g/mol. The number of unbranched alkanes of at least 4 members (excludes halogenated alkanes) is 5. The van der Waals surface area contributed by atoms with E-state index in [1.165, 1.54) is 51.4 Å². The van der Waals surface area contributed by atoms with E-state index in [4.69, 9.17) is 4.74 Å². The Morgan fingerprint density at radius 2 is 1.57 bits per heavy atom. The van der Waals surface area contributed by atoms with Crippen LogP contribution in [0.3, 0.4) is 0 Å². The molecule has 0 bridgehead atoms. The van der Waals surface area contributed by atoms with Crippen molar-refractivity contribution >= 4 is 5.97 Å². The molecule has 2 saturated carbocycles. The van der Waals surface area contributed by atoms with E-state index in [0.29, 0.717) is 0 Å². The van der Waals surface area contributed by atoms with Gasteiger partial charge in [0.15, 0.2) is 0 Å². The molecule has 3 heteroatoms. The first-order valence-corrected chi connectivity index (χ1v) is 12.2. The number of nitriles is 1. The lowest BCUT2D eigenvalue weighted by Gasteiger charge is -2.35. The third-order valence-electron chi connectivity index (χ3n) is 7.31. The molecule has 0 N–H and O–H groups in total. The van der Waals surface area contributed by atoms with E-state index in [1.54, 1.807) is 0 Å². The molecular formula is C25H43NO2. The predicted molar refractivity (Wildman–Crippen MR) is 115 cm³/mol. The Balaban J connectivity index is 1.63. The van der Waals surface area contributed by atoms with Crippen LogP contribution in [0.15, 0.2) is 0 Å². The number of nitrogens with zero attached hydrogens (tertiary/aromatic N) is 1. The maximum Gasteiger partial charge on any atom is 0.309 e. The van der Waals surface area contributed by atoms with Crippen molar-refractivity contribution in [3.05, 3.63) is 0 Å². The van der Waals surface area contributed by atoms with E-state index in [9.17, 15) is 10.1 Å². The van der Waals surface area contributed by atoms with E-state index >= 15 is 0 Å². The van der Waals surface area contributed by atoms with Crippen LogP contribution in [0.25, 0.3) is 0 Å². The number of ether oxygens (including phenoxy) is 1. The highest BCUT2D eigenvalue weighted by Crippen LogP contribution is 2.41. The molecule has 0 heterocycles. The average molecular weight is 390 g/mol. The second-order valence-corrected chi connectivity index (χ2v) is 9.55. The van der Waals surface area contributed by atoms with Crippen LogP contribution in [0.5, 0.6) is 0 Å². The largest absolute Gasteiger partial charge is 0.462 e. The number of carbonyl (C=O) groups is 1. The number of rotatable bonds is 11. The topological polar surface area (TPSA) is 50.1 Å². The molecule has 160 valence electrons. The zero-order chi connectivity index (χ0) is 20.2. The highest BCUT2D eigenvalue weighted by molar-refractivity contribution is 5.72. The summed E-state index contributed by atoms with van der Waals surface area (Å²) in [6, 6.07) is 2.58. The van der Waals surface area contributed by atoms with Gasteiger partial charge < -0.3 is 4.74 Å². The minimum Gasteiger partial charge on any atom is -0.462 e. The fraction of sp³-hybridized carbons (Fsp3) is 0.920. The Kier molecular flexibility index (Phi) is 10.4. The van der Waals surface area contributed by atoms with Crippen LogP contribution in [0.4, 0.5) is 0 Å². The lowest BCUT2D eigenvalue weighted by atomic mass is 9.71. The normalized spacial score (nSPS) is 30.5. The predicted octanol–water partition coefficient (Wildman–Crippen LogP) is 7.34. The van der Waals surface area contributed by atoms with Crippen LogP contribution in [0.2, 0.25) is 0 Å². The van der Waals surface area contributed by atoms with Crippen molar-refractivity contribution in [2.45, 2.75) is 129 Å². The summed E-state index contributed by atoms with van der Waals surface area (Å²) in [5.74, 6) is 0.999. The zero-order valence-corrected chi connectivity index (χ0v) is 18.5. The van der Waals surface area contributed by atoms with Gasteiger partial charge in [0, 0.05) is 0 Å². The SMILES string of the molecule is CCCCCCCC1CCC(C(=O)OC2CCC(C#N)(CCCC)CC2)CC1. The quantitative estimate of drug-likeness (QED) is 0.274. The number of hydrogen-bond donors (Lipinski definition) is 0. The summed E-state index contributed by atoms with van der Waals surface area (Å²) in [4.78, 5) is 12.6. The molecule has 2 aliphatic rings. The number of carbonyl (C=O) groups excluding carboxylic acids is 1. The molecule has 2 fully saturated rings. The number of esters is 1. The van der Waals surface area contributed by atoms with Gasteiger partial charge in [0.05, 0.1) is 17.4 Å². The van der Waals surface area contributed by atoms with Gasteiger partial charge in [0.25, 0.3) is 0 Å². The van der Waals surface area contributed by atoms with Crippen molar-refractivity contribution in [1.82, 2.24) is 0 Å². The van der Waals surface area contributed by atoms with Gasteiger partial charge in [-0.1, -0.05) is 65.2 Å². The molecule has 0 radical (unpaired) electrons. The summed E-state index contributed by atoms with van der Waals surface area (Å²) in [5, 5.41) is 9.61. The van der Waals surface area contributed by atoms with Crippen molar-refractivity contribution in [2.75, 3.05) is 0 Å². The summed E-state index contributed by atoms with van der Waals surface area (Å²) in [5.41, 5.74) is -0.159. The van der Waals surface area contributed by atoms with Gasteiger partial charge in [-0.15, -0.1) is 0 Å². The summed E-state index contributed by atoms with van der Waals surface area (Å²) < 4.78 is 5.89. The number of hydrogen-bond acceptors (Lipinski definition) is 3. The fourth-order valence-corrected chi connectivity index (χ4v) is 5.18. The summed E-state index contributed by atoms with van der Waals surface area (Å²) in [6.45, 7) is 4.44. The smallest absolute Gasteiger partial charge is 0.309 e. The van der Waals surface area contributed by atoms with Gasteiger partial charge in [0.1, 0.15) is 6.10 Å². The van der Waals surface area contributed by atoms with Crippen molar-refractivity contribution in [2.24, 2.45) is 17.3 Å². The highest BCUT2D eigenvalue weighted by atomic mass is 16.5. The Hall–Kier alpha value is -1.04. The molecule has 28 heavy (non-hydrogen) atoms. The van der Waals surface area contributed by atoms with Gasteiger partial charge in [-0.2, -0.15) is 5.26 Å². The molecule has 0 unspecified atom stereocenters. The van der Waals surface area contributed by atoms with Crippen LogP contribution in [-0.4, -0.2) is 12.1 Å². The van der Waals surface area contributed by atoms with E-state index in [-0.39, 0.29) is 23.4 Å². The standard InChI is InChI=1S/C25H43NO2/c1-3-5-7-8-9-10-21-11-13-22(14-12-21)24(27)28-23-15-18-25(20-26,19-16-23)17-6-4-2/h21-23H,3-19H2,1-2H3. The first-order valence-electron chi connectivity index (χ1n) is 12.2. The second kappa shape index (κ2) is 12.5. The van der Waals surface area contributed by atoms with Gasteiger partial charge in [0.2, 0.25) is 0 Å². The maximum atomic E-state index is 12.6. The molecule has 0 atom stereocenters. The minimum absolute atomic E-state index is 0.0458. The Morgan fingerprint density at radius 3 is 2.18 bits per heavy atom. The van der Waals surface area contributed by atoms with Crippen LogP contribution in [-0.2, 0) is 9.53 Å². The van der Waals surface area contributed by atoms with Crippen LogP contribution < -0.4 is 0 Å². The third kappa shape index (κ3) is 7.41. The molecule has 2 aliphatic carbocycles. The zero-order valence-electron chi connectivity index (χ0n) is 18.5. The molecule has 0 aromatic rings. The van der Waals surface area contributed by atoms with E-state index in [1.807, 2.05) is 0 Å². The summed E-state index contributed by atoms with van der Waals surface area (Å²) >= 11 is 0. The first-order chi connectivity index (χ1) is 13.6. The Labute approximate surface area is 173 Å². The Morgan fingerprint density at radius 1 is 0.929 bits per heavy atom. The third-order valence-corrected chi connectivity index (χ3v) is 7.31. The van der Waals surface area contributed by atoms with Crippen molar-refractivity contribution in [3.63, 3.8) is 0 Å². The van der Waals surface area contributed by atoms with Gasteiger partial charge >= 0.3 is 5.97 Å². The van der Waals surface area contributed by atoms with Gasteiger partial charge in [-0.05, 0) is 63.7 Å². The van der Waals surface area contributed by atoms with E-state index in [2.05, 4.69) is 19.9 Å². The lowest BCUT2D eigenvalue weighted by molar-refractivity contribution is -0.158. The molecule has 0 spiro atoms. The summed E-state index contributed by atoms with van der Waals surface area (Å²) in [6.07, 6.45) is 19.4. The molecule has 0 aromatic carbocycles. The first kappa shape index (κ1) is 23.2. The fourth-order valence-electron chi connectivity index (χ4n) is 5.18. The molecule has 0 aliphatic heterocycles. The molecule has 0 aromatic heterocycles. The van der Waals surface area contributed by atoms with Crippen molar-refractivity contribution in [1.29, 1.82) is 5.26 Å². The van der Waals surface area contributed by atoms with Gasteiger partial charge in [-0.25, -0.2) is 0 Å². The molecular weight excluding hydrogens is 346 g/mol. The van der Waals surface area contributed by atoms with E-state index < -0.39 is 0 Å². The van der Waals surface area contributed by atoms with Gasteiger partial charge in [-0.3, -0.25) is 4.79 Å². The molecule has 0 saturated heterocycles.